The molecule has 1 amide bonds. The van der Waals surface area contributed by atoms with E-state index in [2.05, 4.69) is 11.4 Å². The van der Waals surface area contributed by atoms with Crippen LogP contribution in [0.25, 0.3) is 10.8 Å². The van der Waals surface area contributed by atoms with Crippen LogP contribution in [-0.2, 0) is 27.7 Å². The predicted octanol–water partition coefficient (Wildman–Crippen LogP) is 4.91. The molecule has 0 heterocycles. The zero-order valence-corrected chi connectivity index (χ0v) is 18.5. The molecule has 0 unspecified atom stereocenters. The van der Waals surface area contributed by atoms with Gasteiger partial charge in [-0.1, -0.05) is 54.6 Å². The van der Waals surface area contributed by atoms with Crippen LogP contribution in [0, 0.1) is 5.82 Å². The summed E-state index contributed by atoms with van der Waals surface area (Å²) in [6.45, 7) is -0.568. The monoisotopic (exact) mass is 460 g/mol. The van der Waals surface area contributed by atoms with Gasteiger partial charge in [0.2, 0.25) is 5.91 Å². The number of carbonyl (C=O) groups is 1. The standard InChI is InChI=1S/C26H21FN2O3S/c27-22-11-4-5-12-24(22)29(33(31,32)20-8-2-1-3-9-20)17-25(30)28-23-16-15-19-14-13-18-7-6-10-21(23)26(18)19/h1-12,15-16H,13-14,17H2,(H,28,30). The Labute approximate surface area is 191 Å². The number of hydrogen-bond donors (Lipinski definition) is 1. The van der Waals surface area contributed by atoms with Gasteiger partial charge in [0.25, 0.3) is 10.0 Å². The third kappa shape index (κ3) is 3.85. The smallest absolute Gasteiger partial charge is 0.264 e. The summed E-state index contributed by atoms with van der Waals surface area (Å²) in [6.07, 6.45) is 1.92. The van der Waals surface area contributed by atoms with E-state index in [1.54, 1.807) is 18.2 Å². The fraction of sp³-hybridized carbons (Fsp3) is 0.115. The van der Waals surface area contributed by atoms with Gasteiger partial charge in [-0.3, -0.25) is 9.10 Å². The molecule has 1 aliphatic carbocycles. The molecule has 0 radical (unpaired) electrons. The van der Waals surface area contributed by atoms with Crippen molar-refractivity contribution >= 4 is 38.1 Å². The Bertz CT molecular complexity index is 1460. The highest BCUT2D eigenvalue weighted by Gasteiger charge is 2.29. The first-order valence-electron chi connectivity index (χ1n) is 10.6. The van der Waals surface area contributed by atoms with Crippen LogP contribution in [0.2, 0.25) is 0 Å². The van der Waals surface area contributed by atoms with Gasteiger partial charge in [0, 0.05) is 11.1 Å². The van der Waals surface area contributed by atoms with Gasteiger partial charge >= 0.3 is 0 Å². The summed E-state index contributed by atoms with van der Waals surface area (Å²) in [4.78, 5) is 13.1. The minimum Gasteiger partial charge on any atom is -0.324 e. The quantitative estimate of drug-likeness (QED) is 0.445. The van der Waals surface area contributed by atoms with Crippen LogP contribution in [0.5, 0.6) is 0 Å². The minimum absolute atomic E-state index is 0.0219. The molecule has 0 aromatic heterocycles. The molecule has 1 aliphatic rings. The first-order valence-corrected chi connectivity index (χ1v) is 12.0. The molecular weight excluding hydrogens is 439 g/mol. The maximum Gasteiger partial charge on any atom is 0.264 e. The molecule has 1 N–H and O–H groups in total. The first-order chi connectivity index (χ1) is 15.9. The molecule has 0 bridgehead atoms. The highest BCUT2D eigenvalue weighted by atomic mass is 32.2. The topological polar surface area (TPSA) is 66.5 Å². The lowest BCUT2D eigenvalue weighted by atomic mass is 10.0. The Balaban J connectivity index is 1.50. The molecule has 4 aromatic rings. The van der Waals surface area contributed by atoms with Crippen LogP contribution in [0.1, 0.15) is 11.1 Å². The maximum atomic E-state index is 14.6. The number of carbonyl (C=O) groups excluding carboxylic acids is 1. The summed E-state index contributed by atoms with van der Waals surface area (Å²) in [5.41, 5.74) is 2.89. The summed E-state index contributed by atoms with van der Waals surface area (Å²) in [6, 6.07) is 23.0. The average molecular weight is 461 g/mol. The van der Waals surface area contributed by atoms with Gasteiger partial charge in [0.1, 0.15) is 12.4 Å². The first kappa shape index (κ1) is 21.2. The van der Waals surface area contributed by atoms with Crippen molar-refractivity contribution < 1.29 is 17.6 Å². The number of benzene rings is 4. The number of rotatable bonds is 6. The van der Waals surface area contributed by atoms with E-state index in [9.17, 15) is 17.6 Å². The Kier molecular flexibility index (Phi) is 5.34. The second-order valence-corrected chi connectivity index (χ2v) is 9.80. The largest absolute Gasteiger partial charge is 0.324 e. The normalized spacial score (nSPS) is 12.6. The summed E-state index contributed by atoms with van der Waals surface area (Å²) in [7, 11) is -4.18. The number of aryl methyl sites for hydroxylation is 2. The van der Waals surface area contributed by atoms with Gasteiger partial charge in [-0.15, -0.1) is 0 Å². The Morgan fingerprint density at radius 3 is 2.30 bits per heavy atom. The fourth-order valence-electron chi connectivity index (χ4n) is 4.35. The van der Waals surface area contributed by atoms with E-state index in [0.29, 0.717) is 5.69 Å². The van der Waals surface area contributed by atoms with E-state index < -0.39 is 28.3 Å². The van der Waals surface area contributed by atoms with E-state index in [0.717, 1.165) is 27.9 Å². The zero-order valence-electron chi connectivity index (χ0n) is 17.7. The summed E-state index contributed by atoms with van der Waals surface area (Å²) in [5, 5.41) is 4.90. The van der Waals surface area contributed by atoms with Crippen LogP contribution in [0.15, 0.2) is 89.8 Å². The lowest BCUT2D eigenvalue weighted by Gasteiger charge is -2.24. The van der Waals surface area contributed by atoms with E-state index in [1.165, 1.54) is 47.5 Å². The second-order valence-electron chi connectivity index (χ2n) is 7.94. The molecule has 5 rings (SSSR count). The van der Waals surface area contributed by atoms with E-state index in [-0.39, 0.29) is 10.6 Å². The van der Waals surface area contributed by atoms with Gasteiger partial charge in [-0.2, -0.15) is 0 Å². The predicted molar refractivity (Wildman–Crippen MR) is 127 cm³/mol. The fourth-order valence-corrected chi connectivity index (χ4v) is 5.80. The van der Waals surface area contributed by atoms with Crippen LogP contribution >= 0.6 is 0 Å². The third-order valence-electron chi connectivity index (χ3n) is 5.89. The number of hydrogen-bond acceptors (Lipinski definition) is 3. The molecule has 0 atom stereocenters. The zero-order chi connectivity index (χ0) is 23.0. The number of sulfonamides is 1. The number of nitrogens with zero attached hydrogens (tertiary/aromatic N) is 1. The highest BCUT2D eigenvalue weighted by Crippen LogP contribution is 2.35. The number of anilines is 2. The van der Waals surface area contributed by atoms with E-state index >= 15 is 0 Å². The van der Waals surface area contributed by atoms with Crippen molar-refractivity contribution in [1.29, 1.82) is 0 Å². The van der Waals surface area contributed by atoms with Gasteiger partial charge in [-0.25, -0.2) is 12.8 Å². The number of para-hydroxylation sites is 1. The SMILES string of the molecule is O=C(CN(c1ccccc1F)S(=O)(=O)c1ccccc1)Nc1ccc2c3c(cccc13)CC2. The minimum atomic E-state index is -4.18. The van der Waals surface area contributed by atoms with Crippen molar-refractivity contribution in [3.63, 3.8) is 0 Å². The number of halogens is 1. The van der Waals surface area contributed by atoms with Crippen LogP contribution in [0.4, 0.5) is 15.8 Å². The summed E-state index contributed by atoms with van der Waals surface area (Å²) >= 11 is 0. The van der Waals surface area contributed by atoms with Crippen molar-refractivity contribution in [2.75, 3.05) is 16.2 Å². The molecule has 0 aliphatic heterocycles. The molecular formula is C26H21FN2O3S. The average Bonchev–Trinajstić information content (AvgIpc) is 3.25. The Morgan fingerprint density at radius 1 is 0.848 bits per heavy atom. The molecule has 5 nitrogen and oxygen atoms in total. The highest BCUT2D eigenvalue weighted by molar-refractivity contribution is 7.92. The maximum absolute atomic E-state index is 14.6. The Morgan fingerprint density at radius 2 is 1.55 bits per heavy atom. The molecule has 166 valence electrons. The van der Waals surface area contributed by atoms with Crippen molar-refractivity contribution in [1.82, 2.24) is 0 Å². The van der Waals surface area contributed by atoms with Crippen molar-refractivity contribution in [2.45, 2.75) is 17.7 Å². The lowest BCUT2D eigenvalue weighted by Crippen LogP contribution is -2.38. The van der Waals surface area contributed by atoms with Crippen LogP contribution < -0.4 is 9.62 Å². The van der Waals surface area contributed by atoms with Gasteiger partial charge in [-0.05, 0) is 59.7 Å². The number of nitrogens with one attached hydrogen (secondary N) is 1. The van der Waals surface area contributed by atoms with E-state index in [1.807, 2.05) is 24.3 Å². The molecule has 4 aromatic carbocycles. The third-order valence-corrected chi connectivity index (χ3v) is 7.66. The molecule has 33 heavy (non-hydrogen) atoms. The van der Waals surface area contributed by atoms with Gasteiger partial charge in [0.05, 0.1) is 10.6 Å². The van der Waals surface area contributed by atoms with Gasteiger partial charge < -0.3 is 5.32 Å². The number of amides is 1. The molecule has 0 fully saturated rings. The Hall–Kier alpha value is -3.71. The molecule has 0 saturated heterocycles. The summed E-state index contributed by atoms with van der Waals surface area (Å²) < 4.78 is 42.2. The van der Waals surface area contributed by atoms with Crippen molar-refractivity contribution in [2.24, 2.45) is 0 Å². The van der Waals surface area contributed by atoms with E-state index in [4.69, 9.17) is 0 Å². The lowest BCUT2D eigenvalue weighted by molar-refractivity contribution is -0.114. The van der Waals surface area contributed by atoms with Crippen molar-refractivity contribution in [3.8, 4) is 0 Å². The van der Waals surface area contributed by atoms with Crippen LogP contribution in [-0.4, -0.2) is 20.9 Å². The van der Waals surface area contributed by atoms with Crippen LogP contribution in [0.3, 0.4) is 0 Å². The summed E-state index contributed by atoms with van der Waals surface area (Å²) in [5.74, 6) is -1.29. The second kappa shape index (κ2) is 8.33. The molecule has 0 spiro atoms. The molecule has 0 saturated carbocycles. The van der Waals surface area contributed by atoms with Gasteiger partial charge in [0.15, 0.2) is 0 Å². The molecule has 7 heteroatoms. The van der Waals surface area contributed by atoms with Crippen molar-refractivity contribution in [3.05, 3.63) is 102 Å².